The maximum atomic E-state index is 13.1. The van der Waals surface area contributed by atoms with Crippen molar-refractivity contribution in [3.63, 3.8) is 0 Å². The zero-order chi connectivity index (χ0) is 10.7. The fourth-order valence-corrected chi connectivity index (χ4v) is 0.983. The lowest BCUT2D eigenvalue weighted by molar-refractivity contribution is -0.131. The van der Waals surface area contributed by atoms with Crippen LogP contribution in [0.4, 0.5) is 10.1 Å². The maximum absolute atomic E-state index is 13.1. The van der Waals surface area contributed by atoms with Crippen molar-refractivity contribution in [1.29, 1.82) is 0 Å². The van der Waals surface area contributed by atoms with Gasteiger partial charge in [0.2, 0.25) is 0 Å². The van der Waals surface area contributed by atoms with E-state index in [0.717, 1.165) is 6.07 Å². The molecule has 0 atom stereocenters. The normalized spacial score (nSPS) is 9.57. The van der Waals surface area contributed by atoms with Crippen LogP contribution in [-0.2, 0) is 4.79 Å². The Bertz CT molecular complexity index is 390. The first-order chi connectivity index (χ1) is 6.56. The van der Waals surface area contributed by atoms with Gasteiger partial charge in [0.05, 0.1) is 5.69 Å². The number of carbonyl (C=O) groups excluding carboxylic acids is 1. The lowest BCUT2D eigenvalue weighted by Gasteiger charge is -2.02. The molecule has 0 saturated carbocycles. The van der Waals surface area contributed by atoms with E-state index in [9.17, 15) is 14.0 Å². The minimum atomic E-state index is -1.60. The third kappa shape index (κ3) is 1.87. The predicted octanol–water partition coefficient (Wildman–Crippen LogP) is 1.13. The molecule has 1 aromatic carbocycles. The van der Waals surface area contributed by atoms with E-state index in [1.807, 2.05) is 0 Å². The van der Waals surface area contributed by atoms with Crippen LogP contribution in [0.2, 0.25) is 0 Å². The van der Waals surface area contributed by atoms with Gasteiger partial charge >= 0.3 is 5.97 Å². The maximum Gasteiger partial charge on any atom is 0.377 e. The summed E-state index contributed by atoms with van der Waals surface area (Å²) in [5.41, 5.74) is 0.0425. The van der Waals surface area contributed by atoms with Crippen LogP contribution in [0.5, 0.6) is 0 Å². The molecule has 0 heterocycles. The van der Waals surface area contributed by atoms with Crippen LogP contribution in [0.1, 0.15) is 10.4 Å². The summed E-state index contributed by atoms with van der Waals surface area (Å²) in [4.78, 5) is 21.2. The first kappa shape index (κ1) is 10.2. The second-order valence-corrected chi connectivity index (χ2v) is 2.58. The first-order valence-electron chi connectivity index (χ1n) is 3.81. The molecule has 2 N–H and O–H groups in total. The smallest absolute Gasteiger partial charge is 0.377 e. The number of rotatable bonds is 3. The van der Waals surface area contributed by atoms with E-state index in [-0.39, 0.29) is 11.3 Å². The molecule has 0 aliphatic rings. The molecular weight excluding hydrogens is 189 g/mol. The van der Waals surface area contributed by atoms with E-state index >= 15 is 0 Å². The number of halogens is 1. The molecule has 0 spiro atoms. The highest BCUT2D eigenvalue weighted by atomic mass is 19.1. The van der Waals surface area contributed by atoms with Crippen molar-refractivity contribution in [3.05, 3.63) is 29.6 Å². The average Bonchev–Trinajstić information content (AvgIpc) is 2.16. The molecule has 0 unspecified atom stereocenters. The van der Waals surface area contributed by atoms with Gasteiger partial charge in [-0.05, 0) is 18.2 Å². The van der Waals surface area contributed by atoms with Crippen molar-refractivity contribution in [2.24, 2.45) is 0 Å². The molecule has 14 heavy (non-hydrogen) atoms. The molecule has 0 saturated heterocycles. The standard InChI is InChI=1S/C9H8FNO3/c1-11-7-3-2-5(4-6(7)10)8(12)9(13)14/h2-4,11H,1H3,(H,13,14). The van der Waals surface area contributed by atoms with E-state index in [0.29, 0.717) is 0 Å². The highest BCUT2D eigenvalue weighted by Crippen LogP contribution is 2.15. The van der Waals surface area contributed by atoms with E-state index < -0.39 is 17.6 Å². The van der Waals surface area contributed by atoms with Gasteiger partial charge in [-0.25, -0.2) is 9.18 Å². The number of ketones is 1. The van der Waals surface area contributed by atoms with Crippen LogP contribution >= 0.6 is 0 Å². The van der Waals surface area contributed by atoms with Gasteiger partial charge in [-0.1, -0.05) is 0 Å². The van der Waals surface area contributed by atoms with Gasteiger partial charge in [0.1, 0.15) is 5.82 Å². The van der Waals surface area contributed by atoms with Crippen LogP contribution in [0.15, 0.2) is 18.2 Å². The molecule has 0 radical (unpaired) electrons. The van der Waals surface area contributed by atoms with Gasteiger partial charge in [-0.2, -0.15) is 0 Å². The number of hydrogen-bond donors (Lipinski definition) is 2. The van der Waals surface area contributed by atoms with Crippen molar-refractivity contribution in [2.45, 2.75) is 0 Å². The lowest BCUT2D eigenvalue weighted by atomic mass is 10.1. The Balaban J connectivity index is 3.09. The number of hydrogen-bond acceptors (Lipinski definition) is 3. The monoisotopic (exact) mass is 197 g/mol. The van der Waals surface area contributed by atoms with Crippen LogP contribution in [-0.4, -0.2) is 23.9 Å². The van der Waals surface area contributed by atoms with Gasteiger partial charge in [0.15, 0.2) is 0 Å². The largest absolute Gasteiger partial charge is 0.475 e. The Morgan fingerprint density at radius 1 is 1.43 bits per heavy atom. The van der Waals surface area contributed by atoms with Crippen LogP contribution in [0, 0.1) is 5.82 Å². The second kappa shape index (κ2) is 3.87. The summed E-state index contributed by atoms with van der Waals surface area (Å²) in [5.74, 6) is -3.37. The van der Waals surface area contributed by atoms with E-state index in [1.54, 1.807) is 0 Å². The lowest BCUT2D eigenvalue weighted by Crippen LogP contribution is -2.13. The van der Waals surface area contributed by atoms with Gasteiger partial charge in [0, 0.05) is 12.6 Å². The second-order valence-electron chi connectivity index (χ2n) is 2.58. The fraction of sp³-hybridized carbons (Fsp3) is 0.111. The minimum absolute atomic E-state index is 0.172. The Hall–Kier alpha value is -1.91. The highest BCUT2D eigenvalue weighted by molar-refractivity contribution is 6.39. The zero-order valence-electron chi connectivity index (χ0n) is 7.37. The molecule has 74 valence electrons. The molecule has 4 nitrogen and oxygen atoms in total. The summed E-state index contributed by atoms with van der Waals surface area (Å²) in [6, 6.07) is 3.46. The minimum Gasteiger partial charge on any atom is -0.475 e. The molecule has 0 aliphatic heterocycles. The number of carboxylic acids is 1. The van der Waals surface area contributed by atoms with Gasteiger partial charge in [-0.15, -0.1) is 0 Å². The number of anilines is 1. The zero-order valence-corrected chi connectivity index (χ0v) is 7.37. The molecule has 0 bridgehead atoms. The van der Waals surface area contributed by atoms with Crippen molar-refractivity contribution in [2.75, 3.05) is 12.4 Å². The Morgan fingerprint density at radius 3 is 2.50 bits per heavy atom. The number of carboxylic acid groups (broad SMARTS) is 1. The third-order valence-corrected chi connectivity index (χ3v) is 1.69. The molecular formula is C9H8FNO3. The molecule has 1 rings (SSSR count). The Labute approximate surface area is 79.4 Å². The van der Waals surface area contributed by atoms with Crippen LogP contribution in [0.25, 0.3) is 0 Å². The average molecular weight is 197 g/mol. The molecule has 5 heteroatoms. The quantitative estimate of drug-likeness (QED) is 0.563. The first-order valence-corrected chi connectivity index (χ1v) is 3.81. The molecule has 1 aromatic rings. The van der Waals surface area contributed by atoms with Crippen LogP contribution < -0.4 is 5.32 Å². The molecule has 0 fully saturated rings. The summed E-state index contributed by atoms with van der Waals surface area (Å²) >= 11 is 0. The summed E-state index contributed by atoms with van der Waals surface area (Å²) in [7, 11) is 1.52. The van der Waals surface area contributed by atoms with Gasteiger partial charge in [0.25, 0.3) is 5.78 Å². The van der Waals surface area contributed by atoms with Crippen molar-refractivity contribution >= 4 is 17.4 Å². The number of benzene rings is 1. The van der Waals surface area contributed by atoms with E-state index in [2.05, 4.69) is 5.32 Å². The number of aliphatic carboxylic acids is 1. The third-order valence-electron chi connectivity index (χ3n) is 1.69. The summed E-state index contributed by atoms with van der Waals surface area (Å²) < 4.78 is 13.1. The summed E-state index contributed by atoms with van der Waals surface area (Å²) in [6.45, 7) is 0. The Morgan fingerprint density at radius 2 is 2.07 bits per heavy atom. The SMILES string of the molecule is CNc1ccc(C(=O)C(=O)O)cc1F. The number of carbonyl (C=O) groups is 2. The summed E-state index contributed by atoms with van der Waals surface area (Å²) in [6.07, 6.45) is 0. The Kier molecular flexibility index (Phi) is 2.81. The van der Waals surface area contributed by atoms with E-state index in [4.69, 9.17) is 5.11 Å². The van der Waals surface area contributed by atoms with Crippen molar-refractivity contribution < 1.29 is 19.1 Å². The molecule has 0 aliphatic carbocycles. The van der Waals surface area contributed by atoms with Crippen molar-refractivity contribution in [3.8, 4) is 0 Å². The van der Waals surface area contributed by atoms with Crippen LogP contribution in [0.3, 0.4) is 0 Å². The van der Waals surface area contributed by atoms with Gasteiger partial charge < -0.3 is 10.4 Å². The van der Waals surface area contributed by atoms with Crippen molar-refractivity contribution in [1.82, 2.24) is 0 Å². The predicted molar refractivity (Wildman–Crippen MR) is 47.9 cm³/mol. The topological polar surface area (TPSA) is 66.4 Å². The number of nitrogens with one attached hydrogen (secondary N) is 1. The molecule has 0 aromatic heterocycles. The van der Waals surface area contributed by atoms with Gasteiger partial charge in [-0.3, -0.25) is 4.79 Å². The molecule has 0 amide bonds. The highest BCUT2D eigenvalue weighted by Gasteiger charge is 2.15. The summed E-state index contributed by atoms with van der Waals surface area (Å²) in [5, 5.41) is 10.9. The van der Waals surface area contributed by atoms with E-state index in [1.165, 1.54) is 19.2 Å². The fourth-order valence-electron chi connectivity index (χ4n) is 0.983. The number of Topliss-reactive ketones (excluding diaryl/α,β-unsaturated/α-hetero) is 1.